The highest BCUT2D eigenvalue weighted by atomic mass is 15.1. The molecule has 1 unspecified atom stereocenters. The maximum absolute atomic E-state index is 4.38. The van der Waals surface area contributed by atoms with Crippen LogP contribution in [0.25, 0.3) is 11.2 Å². The van der Waals surface area contributed by atoms with Gasteiger partial charge in [0.1, 0.15) is 5.52 Å². The van der Waals surface area contributed by atoms with E-state index in [1.807, 2.05) is 24.7 Å². The smallest absolute Gasteiger partial charge is 0.159 e. The van der Waals surface area contributed by atoms with Crippen molar-refractivity contribution in [3.8, 4) is 0 Å². The Hall–Kier alpha value is -1.42. The summed E-state index contributed by atoms with van der Waals surface area (Å²) in [6.45, 7) is 2.12. The summed E-state index contributed by atoms with van der Waals surface area (Å²) in [4.78, 5) is 8.74. The van der Waals surface area contributed by atoms with Gasteiger partial charge < -0.3 is 9.88 Å². The first-order valence-electron chi connectivity index (χ1n) is 5.93. The summed E-state index contributed by atoms with van der Waals surface area (Å²) in [6, 6.07) is 4.51. The Morgan fingerprint density at radius 2 is 2.38 bits per heavy atom. The maximum atomic E-state index is 4.38. The zero-order valence-electron chi connectivity index (χ0n) is 9.26. The first kappa shape index (κ1) is 9.78. The van der Waals surface area contributed by atoms with Crippen LogP contribution in [-0.4, -0.2) is 27.1 Å². The number of imidazole rings is 1. The molecule has 0 amide bonds. The van der Waals surface area contributed by atoms with Gasteiger partial charge in [-0.15, -0.1) is 0 Å². The van der Waals surface area contributed by atoms with Crippen LogP contribution in [-0.2, 0) is 6.54 Å². The number of fused-ring (bicyclic) bond motifs is 1. The standard InChI is InChI=1S/C12H16N4/c1-2-6-13-10(4-1)8-16-9-15-11-5-3-7-14-12(11)16/h3,5,7,9-10,13H,1-2,4,6,8H2. The normalized spacial score (nSPS) is 21.4. The van der Waals surface area contributed by atoms with Crippen molar-refractivity contribution in [1.82, 2.24) is 19.9 Å². The van der Waals surface area contributed by atoms with Crippen molar-refractivity contribution >= 4 is 11.2 Å². The third kappa shape index (κ3) is 1.80. The third-order valence-electron chi connectivity index (χ3n) is 3.20. The second kappa shape index (κ2) is 4.22. The van der Waals surface area contributed by atoms with Gasteiger partial charge in [-0.25, -0.2) is 9.97 Å². The Morgan fingerprint density at radius 1 is 1.38 bits per heavy atom. The topological polar surface area (TPSA) is 42.7 Å². The van der Waals surface area contributed by atoms with E-state index in [2.05, 4.69) is 19.9 Å². The number of nitrogens with one attached hydrogen (secondary N) is 1. The molecule has 0 saturated carbocycles. The molecule has 2 aromatic rings. The second-order valence-electron chi connectivity index (χ2n) is 4.39. The first-order chi connectivity index (χ1) is 7.93. The van der Waals surface area contributed by atoms with Gasteiger partial charge in [-0.1, -0.05) is 6.42 Å². The lowest BCUT2D eigenvalue weighted by Gasteiger charge is -2.23. The van der Waals surface area contributed by atoms with Gasteiger partial charge in [-0.2, -0.15) is 0 Å². The van der Waals surface area contributed by atoms with Gasteiger partial charge in [0.25, 0.3) is 0 Å². The number of aromatic nitrogens is 3. The fraction of sp³-hybridized carbons (Fsp3) is 0.500. The quantitative estimate of drug-likeness (QED) is 0.828. The molecule has 3 rings (SSSR count). The highest BCUT2D eigenvalue weighted by molar-refractivity contribution is 5.69. The number of pyridine rings is 1. The predicted octanol–water partition coefficient (Wildman–Crippen LogP) is 1.57. The molecule has 1 saturated heterocycles. The van der Waals surface area contributed by atoms with Gasteiger partial charge in [-0.3, -0.25) is 0 Å². The van der Waals surface area contributed by atoms with Crippen LogP contribution in [0, 0.1) is 0 Å². The average Bonchev–Trinajstić information content (AvgIpc) is 2.74. The van der Waals surface area contributed by atoms with Crippen molar-refractivity contribution in [2.24, 2.45) is 0 Å². The number of piperidine rings is 1. The molecule has 2 aromatic heterocycles. The molecule has 0 aliphatic carbocycles. The van der Waals surface area contributed by atoms with Crippen molar-refractivity contribution in [1.29, 1.82) is 0 Å². The molecular formula is C12H16N4. The van der Waals surface area contributed by atoms with Crippen LogP contribution in [0.3, 0.4) is 0 Å². The van der Waals surface area contributed by atoms with Gasteiger partial charge in [0.05, 0.1) is 6.33 Å². The summed E-state index contributed by atoms with van der Waals surface area (Å²) in [5.74, 6) is 0. The van der Waals surface area contributed by atoms with Crippen molar-refractivity contribution in [2.45, 2.75) is 31.8 Å². The van der Waals surface area contributed by atoms with Gasteiger partial charge in [0.15, 0.2) is 5.65 Å². The number of hydrogen-bond donors (Lipinski definition) is 1. The lowest BCUT2D eigenvalue weighted by atomic mass is 10.1. The maximum Gasteiger partial charge on any atom is 0.159 e. The minimum atomic E-state index is 0.577. The summed E-state index contributed by atoms with van der Waals surface area (Å²) in [6.07, 6.45) is 7.62. The van der Waals surface area contributed by atoms with E-state index in [9.17, 15) is 0 Å². The van der Waals surface area contributed by atoms with E-state index in [4.69, 9.17) is 0 Å². The summed E-state index contributed by atoms with van der Waals surface area (Å²) in [7, 11) is 0. The monoisotopic (exact) mass is 216 g/mol. The third-order valence-corrected chi connectivity index (χ3v) is 3.20. The molecule has 84 valence electrons. The predicted molar refractivity (Wildman–Crippen MR) is 63.2 cm³/mol. The Balaban J connectivity index is 1.83. The van der Waals surface area contributed by atoms with Gasteiger partial charge >= 0.3 is 0 Å². The van der Waals surface area contributed by atoms with Crippen LogP contribution in [0.15, 0.2) is 24.7 Å². The molecule has 1 aliphatic heterocycles. The largest absolute Gasteiger partial charge is 0.314 e. The van der Waals surface area contributed by atoms with Crippen LogP contribution in [0.5, 0.6) is 0 Å². The molecule has 1 N–H and O–H groups in total. The van der Waals surface area contributed by atoms with Crippen LogP contribution in [0.2, 0.25) is 0 Å². The highest BCUT2D eigenvalue weighted by Gasteiger charge is 2.14. The molecule has 3 heterocycles. The van der Waals surface area contributed by atoms with Crippen LogP contribution in [0.4, 0.5) is 0 Å². The molecule has 16 heavy (non-hydrogen) atoms. The lowest BCUT2D eigenvalue weighted by molar-refractivity contribution is 0.365. The van der Waals surface area contributed by atoms with Crippen molar-refractivity contribution in [2.75, 3.05) is 6.54 Å². The minimum absolute atomic E-state index is 0.577. The summed E-state index contributed by atoms with van der Waals surface area (Å²) in [5, 5.41) is 3.55. The molecule has 4 nitrogen and oxygen atoms in total. The van der Waals surface area contributed by atoms with Gasteiger partial charge in [0, 0.05) is 18.8 Å². The average molecular weight is 216 g/mol. The number of hydrogen-bond acceptors (Lipinski definition) is 3. The molecule has 1 aliphatic rings. The second-order valence-corrected chi connectivity index (χ2v) is 4.39. The van der Waals surface area contributed by atoms with Crippen molar-refractivity contribution in [3.05, 3.63) is 24.7 Å². The molecule has 4 heteroatoms. The summed E-state index contributed by atoms with van der Waals surface area (Å²) >= 11 is 0. The highest BCUT2D eigenvalue weighted by Crippen LogP contribution is 2.13. The SMILES string of the molecule is c1cnc2c(c1)ncn2CC1CCCCN1. The molecule has 0 bridgehead atoms. The molecule has 1 atom stereocenters. The van der Waals surface area contributed by atoms with Crippen molar-refractivity contribution in [3.63, 3.8) is 0 Å². The zero-order valence-corrected chi connectivity index (χ0v) is 9.26. The van der Waals surface area contributed by atoms with Crippen LogP contribution in [0.1, 0.15) is 19.3 Å². The van der Waals surface area contributed by atoms with Gasteiger partial charge in [-0.05, 0) is 31.5 Å². The van der Waals surface area contributed by atoms with E-state index in [-0.39, 0.29) is 0 Å². The summed E-state index contributed by atoms with van der Waals surface area (Å²) in [5.41, 5.74) is 1.98. The van der Waals surface area contributed by atoms with E-state index in [0.717, 1.165) is 24.3 Å². The molecule has 0 aromatic carbocycles. The van der Waals surface area contributed by atoms with E-state index in [0.29, 0.717) is 6.04 Å². The van der Waals surface area contributed by atoms with Crippen molar-refractivity contribution < 1.29 is 0 Å². The Bertz CT molecular complexity index is 471. The number of nitrogens with zero attached hydrogens (tertiary/aromatic N) is 3. The molecular weight excluding hydrogens is 200 g/mol. The fourth-order valence-electron chi connectivity index (χ4n) is 2.35. The molecule has 0 radical (unpaired) electrons. The fourth-order valence-corrected chi connectivity index (χ4v) is 2.35. The Morgan fingerprint density at radius 3 is 3.25 bits per heavy atom. The van der Waals surface area contributed by atoms with Crippen LogP contribution >= 0.6 is 0 Å². The Kier molecular flexibility index (Phi) is 2.58. The Labute approximate surface area is 94.7 Å². The van der Waals surface area contributed by atoms with E-state index in [1.54, 1.807) is 0 Å². The van der Waals surface area contributed by atoms with E-state index in [1.165, 1.54) is 19.3 Å². The van der Waals surface area contributed by atoms with E-state index < -0.39 is 0 Å². The first-order valence-corrected chi connectivity index (χ1v) is 5.93. The summed E-state index contributed by atoms with van der Waals surface area (Å²) < 4.78 is 2.15. The van der Waals surface area contributed by atoms with E-state index >= 15 is 0 Å². The molecule has 1 fully saturated rings. The molecule has 0 spiro atoms. The van der Waals surface area contributed by atoms with Crippen LogP contribution < -0.4 is 5.32 Å². The lowest BCUT2D eigenvalue weighted by Crippen LogP contribution is -2.37. The zero-order chi connectivity index (χ0) is 10.8. The minimum Gasteiger partial charge on any atom is -0.314 e. The van der Waals surface area contributed by atoms with Gasteiger partial charge in [0.2, 0.25) is 0 Å². The number of rotatable bonds is 2.